The minimum atomic E-state index is -3.74. The predicted molar refractivity (Wildman–Crippen MR) is 132 cm³/mol. The Kier molecular flexibility index (Phi) is 7.79. The Morgan fingerprint density at radius 2 is 1.67 bits per heavy atom. The Morgan fingerprint density at radius 3 is 2.30 bits per heavy atom. The van der Waals surface area contributed by atoms with Crippen LogP contribution >= 0.6 is 0 Å². The van der Waals surface area contributed by atoms with Gasteiger partial charge in [0, 0.05) is 6.04 Å². The van der Waals surface area contributed by atoms with Gasteiger partial charge in [0.2, 0.25) is 15.9 Å². The average molecular weight is 472 g/mol. The molecule has 1 aliphatic carbocycles. The second-order valence-electron chi connectivity index (χ2n) is 8.85. The van der Waals surface area contributed by atoms with Crippen molar-refractivity contribution in [3.63, 3.8) is 0 Å². The van der Waals surface area contributed by atoms with E-state index in [4.69, 9.17) is 0 Å². The molecule has 0 bridgehead atoms. The average Bonchev–Trinajstić information content (AvgIpc) is 2.76. The highest BCUT2D eigenvalue weighted by atomic mass is 32.2. The SMILES string of the molecule is Cc1ccc(N(C(C)C(=O)Nc2ccccc2C(=O)NC2CCCCC2)S(C)(=O)=O)cc1C. The van der Waals surface area contributed by atoms with Crippen LogP contribution in [0.4, 0.5) is 11.4 Å². The van der Waals surface area contributed by atoms with Gasteiger partial charge in [-0.05, 0) is 69.0 Å². The van der Waals surface area contributed by atoms with Gasteiger partial charge in [-0.1, -0.05) is 37.5 Å². The summed E-state index contributed by atoms with van der Waals surface area (Å²) in [5.41, 5.74) is 3.10. The van der Waals surface area contributed by atoms with E-state index in [1.54, 1.807) is 36.4 Å². The molecule has 0 spiro atoms. The van der Waals surface area contributed by atoms with Gasteiger partial charge in [0.15, 0.2) is 0 Å². The lowest BCUT2D eigenvalue weighted by molar-refractivity contribution is -0.116. The van der Waals surface area contributed by atoms with Crippen molar-refractivity contribution in [2.75, 3.05) is 15.9 Å². The first-order chi connectivity index (χ1) is 15.6. The third kappa shape index (κ3) is 6.13. The van der Waals surface area contributed by atoms with E-state index < -0.39 is 22.0 Å². The minimum Gasteiger partial charge on any atom is -0.349 e. The molecule has 0 aliphatic heterocycles. The first kappa shape index (κ1) is 24.8. The number of aryl methyl sites for hydroxylation is 2. The second-order valence-corrected chi connectivity index (χ2v) is 10.7. The van der Waals surface area contributed by atoms with Gasteiger partial charge in [0.05, 0.1) is 23.2 Å². The molecule has 7 nitrogen and oxygen atoms in total. The predicted octanol–water partition coefficient (Wildman–Crippen LogP) is 4.16. The number of rotatable bonds is 7. The molecule has 178 valence electrons. The molecule has 1 saturated carbocycles. The van der Waals surface area contributed by atoms with Gasteiger partial charge in [-0.25, -0.2) is 8.42 Å². The fraction of sp³-hybridized carbons (Fsp3) is 0.440. The fourth-order valence-corrected chi connectivity index (χ4v) is 5.38. The first-order valence-corrected chi connectivity index (χ1v) is 13.2. The van der Waals surface area contributed by atoms with Gasteiger partial charge in [-0.3, -0.25) is 13.9 Å². The highest BCUT2D eigenvalue weighted by Crippen LogP contribution is 2.25. The summed E-state index contributed by atoms with van der Waals surface area (Å²) >= 11 is 0. The van der Waals surface area contributed by atoms with Crippen LogP contribution in [0.3, 0.4) is 0 Å². The highest BCUT2D eigenvalue weighted by Gasteiger charge is 2.30. The molecule has 2 amide bonds. The molecule has 0 aromatic heterocycles. The van der Waals surface area contributed by atoms with Gasteiger partial charge >= 0.3 is 0 Å². The van der Waals surface area contributed by atoms with Gasteiger partial charge in [0.25, 0.3) is 5.91 Å². The van der Waals surface area contributed by atoms with Crippen molar-refractivity contribution < 1.29 is 18.0 Å². The molecule has 1 fully saturated rings. The molecule has 0 saturated heterocycles. The lowest BCUT2D eigenvalue weighted by Crippen LogP contribution is -2.45. The maximum Gasteiger partial charge on any atom is 0.253 e. The van der Waals surface area contributed by atoms with Crippen LogP contribution in [0.2, 0.25) is 0 Å². The number of nitrogens with one attached hydrogen (secondary N) is 2. The molecule has 1 atom stereocenters. The van der Waals surface area contributed by atoms with E-state index >= 15 is 0 Å². The summed E-state index contributed by atoms with van der Waals surface area (Å²) < 4.78 is 26.3. The van der Waals surface area contributed by atoms with Gasteiger partial charge in [0.1, 0.15) is 6.04 Å². The Morgan fingerprint density at radius 1 is 1.00 bits per heavy atom. The molecule has 0 radical (unpaired) electrons. The van der Waals surface area contributed by atoms with E-state index in [-0.39, 0.29) is 11.9 Å². The van der Waals surface area contributed by atoms with E-state index in [1.165, 1.54) is 13.3 Å². The molecule has 0 heterocycles. The summed E-state index contributed by atoms with van der Waals surface area (Å²) in [7, 11) is -3.74. The van der Waals surface area contributed by atoms with Crippen molar-refractivity contribution in [2.45, 2.75) is 65.0 Å². The van der Waals surface area contributed by atoms with Crippen molar-refractivity contribution in [1.82, 2.24) is 5.32 Å². The van der Waals surface area contributed by atoms with Gasteiger partial charge in [-0.2, -0.15) is 0 Å². The summed E-state index contributed by atoms with van der Waals surface area (Å²) in [6.45, 7) is 5.37. The van der Waals surface area contributed by atoms with Gasteiger partial charge < -0.3 is 10.6 Å². The van der Waals surface area contributed by atoms with Crippen molar-refractivity contribution in [3.8, 4) is 0 Å². The summed E-state index contributed by atoms with van der Waals surface area (Å²) in [6, 6.07) is 11.2. The molecule has 1 unspecified atom stereocenters. The third-order valence-electron chi connectivity index (χ3n) is 6.20. The molecule has 1 aliphatic rings. The molecule has 8 heteroatoms. The van der Waals surface area contributed by atoms with Crippen molar-refractivity contribution in [3.05, 3.63) is 59.2 Å². The minimum absolute atomic E-state index is 0.138. The zero-order valence-electron chi connectivity index (χ0n) is 19.7. The van der Waals surface area contributed by atoms with Gasteiger partial charge in [-0.15, -0.1) is 0 Å². The third-order valence-corrected chi connectivity index (χ3v) is 7.45. The molecular weight excluding hydrogens is 438 g/mol. The summed E-state index contributed by atoms with van der Waals surface area (Å²) in [5.74, 6) is -0.754. The Labute approximate surface area is 196 Å². The van der Waals surface area contributed by atoms with Crippen LogP contribution in [-0.2, 0) is 14.8 Å². The molecule has 2 N–H and O–H groups in total. The van der Waals surface area contributed by atoms with E-state index in [0.717, 1.165) is 47.4 Å². The van der Waals surface area contributed by atoms with Crippen molar-refractivity contribution >= 4 is 33.2 Å². The maximum absolute atomic E-state index is 13.1. The maximum atomic E-state index is 13.1. The smallest absolute Gasteiger partial charge is 0.253 e. The van der Waals surface area contributed by atoms with Crippen molar-refractivity contribution in [2.24, 2.45) is 0 Å². The lowest BCUT2D eigenvalue weighted by atomic mass is 9.95. The molecular formula is C25H33N3O4S. The zero-order chi connectivity index (χ0) is 24.2. The van der Waals surface area contributed by atoms with E-state index in [9.17, 15) is 18.0 Å². The topological polar surface area (TPSA) is 95.6 Å². The number of carbonyl (C=O) groups excluding carboxylic acids is 2. The van der Waals surface area contributed by atoms with Crippen LogP contribution in [0, 0.1) is 13.8 Å². The standard InChI is InChI=1S/C25H33N3O4S/c1-17-14-15-21(16-18(17)2)28(33(4,31)32)19(3)24(29)27-23-13-9-8-12-22(23)25(30)26-20-10-6-5-7-11-20/h8-9,12-16,19-20H,5-7,10-11H2,1-4H3,(H,26,30)(H,27,29). The number of amides is 2. The molecule has 2 aromatic rings. The largest absolute Gasteiger partial charge is 0.349 e. The quantitative estimate of drug-likeness (QED) is 0.634. The van der Waals surface area contributed by atoms with Crippen LogP contribution in [0.15, 0.2) is 42.5 Å². The molecule has 33 heavy (non-hydrogen) atoms. The van der Waals surface area contributed by atoms with Crippen LogP contribution in [-0.4, -0.2) is 38.6 Å². The number of nitrogens with zero attached hydrogens (tertiary/aromatic N) is 1. The van der Waals surface area contributed by atoms with Crippen LogP contribution in [0.25, 0.3) is 0 Å². The highest BCUT2D eigenvalue weighted by molar-refractivity contribution is 7.92. The number of sulfonamides is 1. The summed E-state index contributed by atoms with van der Waals surface area (Å²) in [4.78, 5) is 26.0. The zero-order valence-corrected chi connectivity index (χ0v) is 20.5. The normalized spacial score (nSPS) is 15.5. The Balaban J connectivity index is 1.82. The number of carbonyl (C=O) groups is 2. The summed E-state index contributed by atoms with van der Waals surface area (Å²) in [6.07, 6.45) is 6.38. The molecule has 3 rings (SSSR count). The number of hydrogen-bond donors (Lipinski definition) is 2. The Hall–Kier alpha value is -2.87. The number of benzene rings is 2. The van der Waals surface area contributed by atoms with Crippen LogP contribution in [0.5, 0.6) is 0 Å². The fourth-order valence-electron chi connectivity index (χ4n) is 4.21. The monoisotopic (exact) mass is 471 g/mol. The van der Waals surface area contributed by atoms with E-state index in [0.29, 0.717) is 16.9 Å². The van der Waals surface area contributed by atoms with Crippen molar-refractivity contribution in [1.29, 1.82) is 0 Å². The number of anilines is 2. The number of hydrogen-bond acceptors (Lipinski definition) is 4. The summed E-state index contributed by atoms with van der Waals surface area (Å²) in [5, 5.41) is 5.84. The first-order valence-electron chi connectivity index (χ1n) is 11.4. The van der Waals surface area contributed by atoms with E-state index in [1.807, 2.05) is 19.9 Å². The Bertz CT molecular complexity index is 1120. The lowest BCUT2D eigenvalue weighted by Gasteiger charge is -2.29. The van der Waals surface area contributed by atoms with Crippen LogP contribution in [0.1, 0.15) is 60.5 Å². The second kappa shape index (κ2) is 10.4. The number of para-hydroxylation sites is 1. The van der Waals surface area contributed by atoms with E-state index in [2.05, 4.69) is 10.6 Å². The van der Waals surface area contributed by atoms with Crippen LogP contribution < -0.4 is 14.9 Å². The molecule has 2 aromatic carbocycles.